The van der Waals surface area contributed by atoms with Crippen molar-refractivity contribution in [3.05, 3.63) is 29.3 Å². The fourth-order valence-corrected chi connectivity index (χ4v) is 6.01. The molecular weight excluding hydrogens is 276 g/mol. The molecule has 2 saturated carbocycles. The third-order valence-electron chi connectivity index (χ3n) is 7.04. The Bertz CT molecular complexity index is 584. The van der Waals surface area contributed by atoms with Crippen LogP contribution < -0.4 is 0 Å². The Labute approximate surface area is 132 Å². The molecule has 3 aliphatic rings. The second-order valence-corrected chi connectivity index (χ2v) is 7.96. The van der Waals surface area contributed by atoms with Gasteiger partial charge in [-0.05, 0) is 84.5 Å². The summed E-state index contributed by atoms with van der Waals surface area (Å²) in [5.41, 5.74) is 2.67. The van der Waals surface area contributed by atoms with Crippen molar-refractivity contribution >= 4 is 0 Å². The summed E-state index contributed by atoms with van der Waals surface area (Å²) in [4.78, 5) is 0. The normalized spacial score (nSPS) is 43.3. The number of benzene rings is 1. The van der Waals surface area contributed by atoms with Gasteiger partial charge < -0.3 is 15.3 Å². The molecule has 6 atom stereocenters. The van der Waals surface area contributed by atoms with Crippen molar-refractivity contribution in [3.8, 4) is 5.75 Å². The molecule has 22 heavy (non-hydrogen) atoms. The van der Waals surface area contributed by atoms with Crippen LogP contribution in [0.15, 0.2) is 18.2 Å². The Morgan fingerprint density at radius 1 is 1.27 bits per heavy atom. The number of phenols is 1. The predicted octanol–water partition coefficient (Wildman–Crippen LogP) is 2.83. The number of hydrogen-bond donors (Lipinski definition) is 3. The summed E-state index contributed by atoms with van der Waals surface area (Å²) in [6.45, 7) is 2.43. The molecule has 0 aromatic heterocycles. The molecule has 0 spiro atoms. The summed E-state index contributed by atoms with van der Waals surface area (Å²) in [5.74, 6) is 2.12. The number of hydrogen-bond acceptors (Lipinski definition) is 3. The summed E-state index contributed by atoms with van der Waals surface area (Å²) >= 11 is 0. The third kappa shape index (κ3) is 1.88. The molecule has 3 nitrogen and oxygen atoms in total. The molecular formula is C19H26O3. The molecule has 0 aliphatic heterocycles. The van der Waals surface area contributed by atoms with E-state index < -0.39 is 0 Å². The van der Waals surface area contributed by atoms with Gasteiger partial charge in [0.2, 0.25) is 0 Å². The van der Waals surface area contributed by atoms with Crippen molar-refractivity contribution < 1.29 is 15.3 Å². The molecule has 2 fully saturated rings. The van der Waals surface area contributed by atoms with Crippen LogP contribution in [-0.4, -0.2) is 28.0 Å². The van der Waals surface area contributed by atoms with Gasteiger partial charge in [0, 0.05) is 6.61 Å². The van der Waals surface area contributed by atoms with Crippen molar-refractivity contribution in [1.29, 1.82) is 0 Å². The number of fused-ring (bicyclic) bond motifs is 5. The van der Waals surface area contributed by atoms with Crippen LogP contribution in [0, 0.1) is 23.2 Å². The smallest absolute Gasteiger partial charge is 0.115 e. The van der Waals surface area contributed by atoms with E-state index in [1.807, 2.05) is 12.1 Å². The van der Waals surface area contributed by atoms with E-state index in [1.54, 1.807) is 0 Å². The first-order valence-electron chi connectivity index (χ1n) is 8.65. The number of aromatic hydroxyl groups is 1. The van der Waals surface area contributed by atoms with E-state index in [0.29, 0.717) is 23.5 Å². The van der Waals surface area contributed by atoms with Crippen LogP contribution >= 0.6 is 0 Å². The highest BCUT2D eigenvalue weighted by molar-refractivity contribution is 5.40. The molecule has 0 radical (unpaired) electrons. The van der Waals surface area contributed by atoms with Gasteiger partial charge in [-0.25, -0.2) is 0 Å². The van der Waals surface area contributed by atoms with Gasteiger partial charge in [0.25, 0.3) is 0 Å². The van der Waals surface area contributed by atoms with E-state index in [-0.39, 0.29) is 24.0 Å². The zero-order valence-electron chi connectivity index (χ0n) is 13.2. The Morgan fingerprint density at radius 2 is 2.09 bits per heavy atom. The molecule has 1 aromatic carbocycles. The van der Waals surface area contributed by atoms with Crippen LogP contribution in [0.5, 0.6) is 5.75 Å². The average molecular weight is 302 g/mol. The highest BCUT2D eigenvalue weighted by Gasteiger charge is 2.58. The van der Waals surface area contributed by atoms with Crippen molar-refractivity contribution in [2.45, 2.75) is 51.0 Å². The topological polar surface area (TPSA) is 60.7 Å². The van der Waals surface area contributed by atoms with Crippen molar-refractivity contribution in [2.24, 2.45) is 23.2 Å². The summed E-state index contributed by atoms with van der Waals surface area (Å²) in [6.07, 6.45) is 4.76. The molecule has 0 amide bonds. The van der Waals surface area contributed by atoms with Gasteiger partial charge in [-0.1, -0.05) is 13.0 Å². The quantitative estimate of drug-likeness (QED) is 0.747. The molecule has 1 aromatic rings. The lowest BCUT2D eigenvalue weighted by molar-refractivity contribution is -0.0339. The van der Waals surface area contributed by atoms with E-state index in [4.69, 9.17) is 0 Å². The van der Waals surface area contributed by atoms with Crippen LogP contribution in [0.1, 0.15) is 49.7 Å². The highest BCUT2D eigenvalue weighted by atomic mass is 16.3. The number of rotatable bonds is 1. The first-order chi connectivity index (χ1) is 10.5. The Kier molecular flexibility index (Phi) is 3.28. The minimum absolute atomic E-state index is 0.0248. The Balaban J connectivity index is 1.73. The second kappa shape index (κ2) is 4.97. The molecule has 3 heteroatoms. The van der Waals surface area contributed by atoms with Crippen molar-refractivity contribution in [2.75, 3.05) is 6.61 Å². The Hall–Kier alpha value is -1.06. The minimum atomic E-state index is -0.267. The van der Waals surface area contributed by atoms with Crippen LogP contribution in [0.3, 0.4) is 0 Å². The molecule has 3 aliphatic carbocycles. The number of aliphatic hydroxyl groups excluding tert-OH is 2. The molecule has 2 unspecified atom stereocenters. The molecule has 0 saturated heterocycles. The molecule has 120 valence electrons. The third-order valence-corrected chi connectivity index (χ3v) is 7.04. The lowest BCUT2D eigenvalue weighted by Crippen LogP contribution is -2.45. The van der Waals surface area contributed by atoms with Crippen LogP contribution in [-0.2, 0) is 6.42 Å². The van der Waals surface area contributed by atoms with E-state index >= 15 is 0 Å². The zero-order chi connectivity index (χ0) is 15.5. The van der Waals surface area contributed by atoms with Crippen molar-refractivity contribution in [1.82, 2.24) is 0 Å². The van der Waals surface area contributed by atoms with Crippen molar-refractivity contribution in [3.63, 3.8) is 0 Å². The number of aliphatic hydroxyl groups is 2. The van der Waals surface area contributed by atoms with Crippen LogP contribution in [0.25, 0.3) is 0 Å². The summed E-state index contributed by atoms with van der Waals surface area (Å²) < 4.78 is 0. The first-order valence-corrected chi connectivity index (χ1v) is 8.65. The lowest BCUT2D eigenvalue weighted by atomic mass is 9.54. The van der Waals surface area contributed by atoms with Gasteiger partial charge in [-0.15, -0.1) is 0 Å². The van der Waals surface area contributed by atoms with Crippen LogP contribution in [0.4, 0.5) is 0 Å². The maximum atomic E-state index is 10.6. The SMILES string of the molecule is C[C@]12CC[C@@H]3c4ccc(O)cc4CC[C@H]3[C@@H]1C(CO)CC2O. The van der Waals surface area contributed by atoms with E-state index in [9.17, 15) is 15.3 Å². The minimum Gasteiger partial charge on any atom is -0.508 e. The highest BCUT2D eigenvalue weighted by Crippen LogP contribution is 2.62. The summed E-state index contributed by atoms with van der Waals surface area (Å²) in [7, 11) is 0. The van der Waals surface area contributed by atoms with E-state index in [0.717, 1.165) is 32.1 Å². The Morgan fingerprint density at radius 3 is 2.86 bits per heavy atom. The molecule has 3 N–H and O–H groups in total. The molecule has 0 bridgehead atoms. The van der Waals surface area contributed by atoms with Gasteiger partial charge in [-0.2, -0.15) is 0 Å². The van der Waals surface area contributed by atoms with Gasteiger partial charge in [-0.3, -0.25) is 0 Å². The maximum Gasteiger partial charge on any atom is 0.115 e. The molecule has 0 heterocycles. The lowest BCUT2D eigenvalue weighted by Gasteiger charge is -2.51. The number of aryl methyl sites for hydroxylation is 1. The molecule has 4 rings (SSSR count). The van der Waals surface area contributed by atoms with Gasteiger partial charge in [0.05, 0.1) is 6.10 Å². The monoisotopic (exact) mass is 302 g/mol. The standard InChI is InChI=1S/C19H26O3/c1-19-7-6-15-14-5-3-13(21)8-11(14)2-4-16(15)18(19)12(10-20)9-17(19)22/h3,5,8,12,15-18,20-22H,2,4,6-7,9-10H2,1H3/t12?,15-,16-,17?,18+,19-/m1/s1. The largest absolute Gasteiger partial charge is 0.508 e. The van der Waals surface area contributed by atoms with Crippen LogP contribution in [0.2, 0.25) is 0 Å². The van der Waals surface area contributed by atoms with E-state index in [2.05, 4.69) is 13.0 Å². The summed E-state index contributed by atoms with van der Waals surface area (Å²) in [6, 6.07) is 5.83. The van der Waals surface area contributed by atoms with Gasteiger partial charge in [0.1, 0.15) is 5.75 Å². The summed E-state index contributed by atoms with van der Waals surface area (Å²) in [5, 5.41) is 30.1. The fourth-order valence-electron chi connectivity index (χ4n) is 6.01. The van der Waals surface area contributed by atoms with E-state index in [1.165, 1.54) is 11.1 Å². The fraction of sp³-hybridized carbons (Fsp3) is 0.684. The predicted molar refractivity (Wildman–Crippen MR) is 84.7 cm³/mol. The average Bonchev–Trinajstić information content (AvgIpc) is 2.78. The maximum absolute atomic E-state index is 10.6. The second-order valence-electron chi connectivity index (χ2n) is 7.96. The first kappa shape index (κ1) is 14.5. The van der Waals surface area contributed by atoms with Gasteiger partial charge in [0.15, 0.2) is 0 Å². The zero-order valence-corrected chi connectivity index (χ0v) is 13.2. The number of phenolic OH excluding ortho intramolecular Hbond substituents is 1. The van der Waals surface area contributed by atoms with Gasteiger partial charge >= 0.3 is 0 Å².